The topological polar surface area (TPSA) is 103 Å². The second kappa shape index (κ2) is 7.73. The molecule has 2 atom stereocenters. The Balaban J connectivity index is 1.57. The molecule has 0 fully saturated rings. The predicted molar refractivity (Wildman–Crippen MR) is 107 cm³/mol. The average molecular weight is 416 g/mol. The molecular weight excluding hydrogens is 397 g/mol. The van der Waals surface area contributed by atoms with Gasteiger partial charge >= 0.3 is 0 Å². The number of anilines is 1. The first-order valence-electron chi connectivity index (χ1n) is 8.97. The Morgan fingerprint density at radius 3 is 2.93 bits per heavy atom. The van der Waals surface area contributed by atoms with E-state index in [2.05, 4.69) is 15.3 Å². The third-order valence-electron chi connectivity index (χ3n) is 4.68. The number of aromatic amines is 1. The molecule has 4 aromatic rings. The number of aromatic nitrogens is 3. The molecule has 2 aromatic heterocycles. The molecule has 0 aliphatic carbocycles. The summed E-state index contributed by atoms with van der Waals surface area (Å²) >= 11 is 5.89. The van der Waals surface area contributed by atoms with Gasteiger partial charge < -0.3 is 19.8 Å². The fraction of sp³-hybridized carbons (Fsp3) is 0.200. The van der Waals surface area contributed by atoms with Crippen molar-refractivity contribution in [1.29, 1.82) is 5.41 Å². The van der Waals surface area contributed by atoms with Crippen LogP contribution in [0.15, 0.2) is 53.3 Å². The summed E-state index contributed by atoms with van der Waals surface area (Å²) in [7, 11) is 0. The van der Waals surface area contributed by atoms with E-state index in [9.17, 15) is 9.50 Å². The van der Waals surface area contributed by atoms with Crippen molar-refractivity contribution in [3.8, 4) is 0 Å². The van der Waals surface area contributed by atoms with Gasteiger partial charge in [-0.2, -0.15) is 0 Å². The fourth-order valence-electron chi connectivity index (χ4n) is 3.23. The zero-order valence-corrected chi connectivity index (χ0v) is 16.2. The number of fused-ring (bicyclic) bond motifs is 1. The smallest absolute Gasteiger partial charge is 0.293 e. The lowest BCUT2D eigenvalue weighted by atomic mass is 10.0. The highest BCUT2D eigenvalue weighted by Gasteiger charge is 2.19. The number of aliphatic hydroxyl groups excluding tert-OH is 1. The summed E-state index contributed by atoms with van der Waals surface area (Å²) in [6.45, 7) is 2.21. The number of hydrogen-bond donors (Lipinski definition) is 4. The molecular formula is C20H19ClFN5O2. The number of para-hydroxylation sites is 1. The molecule has 0 amide bonds. The third-order valence-corrected chi connectivity index (χ3v) is 4.90. The van der Waals surface area contributed by atoms with Crippen LogP contribution in [0, 0.1) is 11.2 Å². The molecule has 2 heterocycles. The van der Waals surface area contributed by atoms with E-state index in [1.807, 2.05) is 18.2 Å². The maximum Gasteiger partial charge on any atom is 0.293 e. The van der Waals surface area contributed by atoms with Crippen LogP contribution >= 0.6 is 11.6 Å². The van der Waals surface area contributed by atoms with Gasteiger partial charge in [-0.1, -0.05) is 23.7 Å². The Morgan fingerprint density at radius 2 is 2.21 bits per heavy atom. The van der Waals surface area contributed by atoms with Gasteiger partial charge in [0.2, 0.25) is 5.95 Å². The van der Waals surface area contributed by atoms with Crippen molar-refractivity contribution >= 4 is 28.6 Å². The van der Waals surface area contributed by atoms with E-state index >= 15 is 0 Å². The molecule has 29 heavy (non-hydrogen) atoms. The minimum Gasteiger partial charge on any atom is -0.432 e. The van der Waals surface area contributed by atoms with Crippen LogP contribution < -0.4 is 11.0 Å². The Bertz CT molecular complexity index is 1190. The second-order valence-corrected chi connectivity index (χ2v) is 7.25. The van der Waals surface area contributed by atoms with Gasteiger partial charge in [-0.25, -0.2) is 9.37 Å². The van der Waals surface area contributed by atoms with Gasteiger partial charge in [0.15, 0.2) is 0 Å². The van der Waals surface area contributed by atoms with Crippen LogP contribution in [0.25, 0.3) is 11.0 Å². The van der Waals surface area contributed by atoms with E-state index in [-0.39, 0.29) is 10.7 Å². The summed E-state index contributed by atoms with van der Waals surface area (Å²) in [6, 6.07) is 9.25. The second-order valence-electron chi connectivity index (χ2n) is 6.82. The van der Waals surface area contributed by atoms with Crippen LogP contribution in [0.2, 0.25) is 5.02 Å². The van der Waals surface area contributed by atoms with Crippen LogP contribution in [0.1, 0.15) is 24.2 Å². The molecule has 4 N–H and O–H groups in total. The monoisotopic (exact) mass is 415 g/mol. The molecule has 2 unspecified atom stereocenters. The summed E-state index contributed by atoms with van der Waals surface area (Å²) in [5.41, 5.74) is 2.92. The van der Waals surface area contributed by atoms with Crippen molar-refractivity contribution in [2.24, 2.45) is 0 Å². The fourth-order valence-corrected chi connectivity index (χ4v) is 3.46. The van der Waals surface area contributed by atoms with Crippen LogP contribution in [-0.4, -0.2) is 25.7 Å². The van der Waals surface area contributed by atoms with E-state index in [1.165, 1.54) is 24.5 Å². The summed E-state index contributed by atoms with van der Waals surface area (Å²) in [6.07, 6.45) is 2.17. The number of aliphatic hydroxyl groups is 1. The Labute approximate surface area is 170 Å². The van der Waals surface area contributed by atoms with Crippen molar-refractivity contribution in [1.82, 2.24) is 14.5 Å². The van der Waals surface area contributed by atoms with E-state index in [1.54, 1.807) is 17.7 Å². The zero-order valence-electron chi connectivity index (χ0n) is 15.5. The minimum atomic E-state index is -0.983. The SMILES string of the molecule is CC(Nc1nc2c(Cn3ccoc3=N)cccc2[nH]1)C(O)c1cc(F)cc(Cl)c1. The van der Waals surface area contributed by atoms with Crippen molar-refractivity contribution in [2.75, 3.05) is 5.32 Å². The molecule has 0 aliphatic heterocycles. The van der Waals surface area contributed by atoms with Gasteiger partial charge in [0.25, 0.3) is 5.68 Å². The van der Waals surface area contributed by atoms with Gasteiger partial charge in [0.05, 0.1) is 29.7 Å². The van der Waals surface area contributed by atoms with Gasteiger partial charge in [0.1, 0.15) is 12.1 Å². The van der Waals surface area contributed by atoms with Crippen LogP contribution in [0.4, 0.5) is 10.3 Å². The van der Waals surface area contributed by atoms with E-state index in [0.717, 1.165) is 16.6 Å². The normalized spacial score (nSPS) is 13.5. The molecule has 0 bridgehead atoms. The number of halogens is 2. The predicted octanol–water partition coefficient (Wildman–Crippen LogP) is 3.81. The number of hydrogen-bond acceptors (Lipinski definition) is 5. The lowest BCUT2D eigenvalue weighted by Gasteiger charge is -2.20. The van der Waals surface area contributed by atoms with Gasteiger partial charge in [-0.15, -0.1) is 0 Å². The molecule has 0 radical (unpaired) electrons. The Morgan fingerprint density at radius 1 is 1.38 bits per heavy atom. The quantitative estimate of drug-likeness (QED) is 0.384. The van der Waals surface area contributed by atoms with Crippen molar-refractivity contribution in [2.45, 2.75) is 25.6 Å². The van der Waals surface area contributed by atoms with Crippen LogP contribution in [-0.2, 0) is 6.54 Å². The molecule has 0 spiro atoms. The summed E-state index contributed by atoms with van der Waals surface area (Å²) in [5.74, 6) is -0.0255. The maximum atomic E-state index is 13.6. The minimum absolute atomic E-state index is 0.0568. The molecule has 0 saturated carbocycles. The number of rotatable bonds is 6. The maximum absolute atomic E-state index is 13.6. The highest BCUT2D eigenvalue weighted by molar-refractivity contribution is 6.30. The van der Waals surface area contributed by atoms with Gasteiger partial charge in [0, 0.05) is 11.2 Å². The standard InChI is InChI=1S/C20H19ClFN5O2/c1-11(18(28)13-7-14(21)9-15(22)8-13)24-20-25-16-4-2-3-12(17(16)26-20)10-27-5-6-29-19(27)23/h2-9,11,18,23,28H,10H2,1H3,(H2,24,25,26). The average Bonchev–Trinajstić information content (AvgIpc) is 3.26. The van der Waals surface area contributed by atoms with Crippen molar-refractivity contribution < 1.29 is 13.9 Å². The zero-order chi connectivity index (χ0) is 20.5. The van der Waals surface area contributed by atoms with E-state index in [4.69, 9.17) is 21.4 Å². The first-order valence-corrected chi connectivity index (χ1v) is 9.35. The van der Waals surface area contributed by atoms with Gasteiger partial charge in [-0.3, -0.25) is 9.98 Å². The number of benzene rings is 2. The van der Waals surface area contributed by atoms with Gasteiger partial charge in [-0.05, 0) is 42.3 Å². The van der Waals surface area contributed by atoms with Crippen molar-refractivity contribution in [3.05, 3.63) is 76.5 Å². The molecule has 7 nitrogen and oxygen atoms in total. The van der Waals surface area contributed by atoms with Crippen LogP contribution in [0.5, 0.6) is 0 Å². The number of nitrogens with zero attached hydrogens (tertiary/aromatic N) is 2. The highest BCUT2D eigenvalue weighted by atomic mass is 35.5. The molecule has 4 rings (SSSR count). The number of imidazole rings is 1. The summed E-state index contributed by atoms with van der Waals surface area (Å²) in [5, 5.41) is 21.7. The first kappa shape index (κ1) is 19.2. The molecule has 0 aliphatic rings. The third kappa shape index (κ3) is 4.03. The lowest BCUT2D eigenvalue weighted by molar-refractivity contribution is 0.160. The first-order chi connectivity index (χ1) is 13.9. The molecule has 150 valence electrons. The molecule has 9 heteroatoms. The number of oxazole rings is 1. The van der Waals surface area contributed by atoms with E-state index in [0.29, 0.717) is 18.1 Å². The van der Waals surface area contributed by atoms with Crippen LogP contribution in [0.3, 0.4) is 0 Å². The van der Waals surface area contributed by atoms with E-state index < -0.39 is 18.0 Å². The lowest BCUT2D eigenvalue weighted by Crippen LogP contribution is -2.24. The molecule has 2 aromatic carbocycles. The Hall–Kier alpha value is -3.10. The number of nitrogens with one attached hydrogen (secondary N) is 3. The van der Waals surface area contributed by atoms with Crippen molar-refractivity contribution in [3.63, 3.8) is 0 Å². The largest absolute Gasteiger partial charge is 0.432 e. The molecule has 0 saturated heterocycles. The Kier molecular flexibility index (Phi) is 5.12. The summed E-state index contributed by atoms with van der Waals surface area (Å²) in [4.78, 5) is 7.77. The highest BCUT2D eigenvalue weighted by Crippen LogP contribution is 2.25. The summed E-state index contributed by atoms with van der Waals surface area (Å²) < 4.78 is 20.3. The number of H-pyrrole nitrogens is 1.